The molecule has 1 heterocycles. The van der Waals surface area contributed by atoms with E-state index in [-0.39, 0.29) is 12.5 Å². The van der Waals surface area contributed by atoms with E-state index in [9.17, 15) is 0 Å². The summed E-state index contributed by atoms with van der Waals surface area (Å²) in [4.78, 5) is 8.07. The van der Waals surface area contributed by atoms with E-state index in [0.717, 1.165) is 24.1 Å². The molecular formula is C8H10N2O. The van der Waals surface area contributed by atoms with Crippen LogP contribution in [-0.4, -0.2) is 21.7 Å². The molecule has 1 aromatic heterocycles. The van der Waals surface area contributed by atoms with Gasteiger partial charge in [-0.05, 0) is 18.4 Å². The molecule has 0 unspecified atom stereocenters. The molecule has 1 aromatic rings. The van der Waals surface area contributed by atoms with Gasteiger partial charge in [-0.15, -0.1) is 0 Å². The van der Waals surface area contributed by atoms with Gasteiger partial charge in [-0.1, -0.05) is 0 Å². The lowest BCUT2D eigenvalue weighted by Gasteiger charge is -2.04. The first-order chi connectivity index (χ1) is 5.42. The zero-order chi connectivity index (χ0) is 7.68. The van der Waals surface area contributed by atoms with Crippen LogP contribution in [0.3, 0.4) is 0 Å². The van der Waals surface area contributed by atoms with Crippen LogP contribution in [-0.2, 0) is 6.42 Å². The highest BCUT2D eigenvalue weighted by atomic mass is 16.3. The maximum Gasteiger partial charge on any atom is 0.115 e. The molecule has 1 aliphatic rings. The van der Waals surface area contributed by atoms with E-state index in [1.807, 2.05) is 6.20 Å². The molecule has 58 valence electrons. The Morgan fingerprint density at radius 1 is 1.64 bits per heavy atom. The van der Waals surface area contributed by atoms with E-state index in [2.05, 4.69) is 9.97 Å². The molecule has 1 atom stereocenters. The van der Waals surface area contributed by atoms with Crippen molar-refractivity contribution in [2.75, 3.05) is 6.61 Å². The third-order valence-corrected chi connectivity index (χ3v) is 2.22. The molecule has 3 heteroatoms. The quantitative estimate of drug-likeness (QED) is 0.634. The molecule has 0 aromatic carbocycles. The zero-order valence-electron chi connectivity index (χ0n) is 6.20. The summed E-state index contributed by atoms with van der Waals surface area (Å²) in [6, 6.07) is 0. The van der Waals surface area contributed by atoms with Crippen molar-refractivity contribution in [3.8, 4) is 0 Å². The van der Waals surface area contributed by atoms with Gasteiger partial charge < -0.3 is 5.11 Å². The van der Waals surface area contributed by atoms with Crippen molar-refractivity contribution < 1.29 is 5.11 Å². The number of aliphatic hydroxyl groups excluding tert-OH is 1. The monoisotopic (exact) mass is 150 g/mol. The highest BCUT2D eigenvalue weighted by molar-refractivity contribution is 5.26. The lowest BCUT2D eigenvalue weighted by molar-refractivity contribution is 0.265. The van der Waals surface area contributed by atoms with Gasteiger partial charge in [0.1, 0.15) is 6.33 Å². The topological polar surface area (TPSA) is 46.0 Å². The minimum Gasteiger partial charge on any atom is -0.396 e. The van der Waals surface area contributed by atoms with Crippen molar-refractivity contribution in [2.45, 2.75) is 18.8 Å². The van der Waals surface area contributed by atoms with Crippen LogP contribution in [0.2, 0.25) is 0 Å². The first-order valence-electron chi connectivity index (χ1n) is 3.81. The Balaban J connectivity index is 2.39. The average Bonchev–Trinajstić information content (AvgIpc) is 2.47. The van der Waals surface area contributed by atoms with Crippen LogP contribution < -0.4 is 0 Å². The van der Waals surface area contributed by atoms with E-state index >= 15 is 0 Å². The highest BCUT2D eigenvalue weighted by Gasteiger charge is 2.22. The van der Waals surface area contributed by atoms with Gasteiger partial charge in [0, 0.05) is 17.8 Å². The van der Waals surface area contributed by atoms with Crippen molar-refractivity contribution >= 4 is 0 Å². The normalized spacial score (nSPS) is 21.7. The summed E-state index contributed by atoms with van der Waals surface area (Å²) in [5.41, 5.74) is 2.24. The largest absolute Gasteiger partial charge is 0.396 e. The average molecular weight is 150 g/mol. The van der Waals surface area contributed by atoms with E-state index in [4.69, 9.17) is 5.11 Å². The molecule has 0 saturated carbocycles. The van der Waals surface area contributed by atoms with Gasteiger partial charge in [-0.25, -0.2) is 9.97 Å². The number of hydrogen-bond donors (Lipinski definition) is 1. The minimum atomic E-state index is 0.223. The smallest absolute Gasteiger partial charge is 0.115 e. The third kappa shape index (κ3) is 1.01. The number of nitrogens with zero attached hydrogens (tertiary/aromatic N) is 2. The summed E-state index contributed by atoms with van der Waals surface area (Å²) in [5, 5.41) is 8.96. The summed E-state index contributed by atoms with van der Waals surface area (Å²) in [7, 11) is 0. The van der Waals surface area contributed by atoms with Crippen molar-refractivity contribution in [3.63, 3.8) is 0 Å². The lowest BCUT2D eigenvalue weighted by Crippen LogP contribution is -1.99. The molecule has 0 bridgehead atoms. The van der Waals surface area contributed by atoms with E-state index < -0.39 is 0 Å². The fourth-order valence-electron chi connectivity index (χ4n) is 1.57. The minimum absolute atomic E-state index is 0.223. The molecule has 11 heavy (non-hydrogen) atoms. The number of aliphatic hydroxyl groups is 1. The molecule has 0 radical (unpaired) electrons. The molecule has 2 rings (SSSR count). The van der Waals surface area contributed by atoms with Crippen molar-refractivity contribution in [1.29, 1.82) is 0 Å². The summed E-state index contributed by atoms with van der Waals surface area (Å²) in [6.07, 6.45) is 5.39. The molecule has 1 N–H and O–H groups in total. The fourth-order valence-corrected chi connectivity index (χ4v) is 1.57. The lowest BCUT2D eigenvalue weighted by atomic mass is 10.1. The predicted molar refractivity (Wildman–Crippen MR) is 40.2 cm³/mol. The first kappa shape index (κ1) is 6.73. The SMILES string of the molecule is OC[C@@H]1CCc2ncncc21. The number of aromatic nitrogens is 2. The van der Waals surface area contributed by atoms with Crippen LogP contribution in [0, 0.1) is 0 Å². The summed E-state index contributed by atoms with van der Waals surface area (Å²) in [5.74, 6) is 0.284. The maximum absolute atomic E-state index is 8.96. The number of hydrogen-bond acceptors (Lipinski definition) is 3. The van der Waals surface area contributed by atoms with Crippen molar-refractivity contribution in [2.24, 2.45) is 0 Å². The molecular weight excluding hydrogens is 140 g/mol. The van der Waals surface area contributed by atoms with Gasteiger partial charge in [0.05, 0.1) is 6.61 Å². The van der Waals surface area contributed by atoms with Crippen LogP contribution in [0.4, 0.5) is 0 Å². The molecule has 3 nitrogen and oxygen atoms in total. The Hall–Kier alpha value is -0.960. The molecule has 1 aliphatic carbocycles. The summed E-state index contributed by atoms with van der Waals surface area (Å²) in [6.45, 7) is 0.223. The van der Waals surface area contributed by atoms with Gasteiger partial charge in [-0.2, -0.15) is 0 Å². The molecule has 0 spiro atoms. The van der Waals surface area contributed by atoms with E-state index in [1.165, 1.54) is 0 Å². The van der Waals surface area contributed by atoms with Crippen LogP contribution in [0.25, 0.3) is 0 Å². The van der Waals surface area contributed by atoms with Gasteiger partial charge in [0.15, 0.2) is 0 Å². The summed E-state index contributed by atoms with van der Waals surface area (Å²) < 4.78 is 0. The molecule has 0 fully saturated rings. The second-order valence-corrected chi connectivity index (χ2v) is 2.84. The second kappa shape index (κ2) is 2.58. The number of fused-ring (bicyclic) bond motifs is 1. The zero-order valence-corrected chi connectivity index (χ0v) is 6.20. The molecule has 0 aliphatic heterocycles. The first-order valence-corrected chi connectivity index (χ1v) is 3.81. The molecule has 0 amide bonds. The fraction of sp³-hybridized carbons (Fsp3) is 0.500. The Morgan fingerprint density at radius 3 is 3.36 bits per heavy atom. The standard InChI is InChI=1S/C8H10N2O/c11-4-6-1-2-8-7(6)3-9-5-10-8/h3,5-6,11H,1-2,4H2/t6-/m0/s1. The Kier molecular flexibility index (Phi) is 1.58. The van der Waals surface area contributed by atoms with Gasteiger partial charge in [0.2, 0.25) is 0 Å². The van der Waals surface area contributed by atoms with Gasteiger partial charge in [0.25, 0.3) is 0 Å². The number of aryl methyl sites for hydroxylation is 1. The van der Waals surface area contributed by atoms with Crippen LogP contribution in [0.15, 0.2) is 12.5 Å². The Bertz CT molecular complexity index is 262. The van der Waals surface area contributed by atoms with Gasteiger partial charge >= 0.3 is 0 Å². The third-order valence-electron chi connectivity index (χ3n) is 2.22. The second-order valence-electron chi connectivity index (χ2n) is 2.84. The van der Waals surface area contributed by atoms with Crippen LogP contribution in [0.5, 0.6) is 0 Å². The van der Waals surface area contributed by atoms with Crippen LogP contribution in [0.1, 0.15) is 23.6 Å². The Labute approximate surface area is 65.1 Å². The van der Waals surface area contributed by atoms with E-state index in [1.54, 1.807) is 6.33 Å². The van der Waals surface area contributed by atoms with E-state index in [0.29, 0.717) is 0 Å². The summed E-state index contributed by atoms with van der Waals surface area (Å²) >= 11 is 0. The number of rotatable bonds is 1. The Morgan fingerprint density at radius 2 is 2.55 bits per heavy atom. The molecule has 0 saturated heterocycles. The maximum atomic E-state index is 8.96. The van der Waals surface area contributed by atoms with Crippen LogP contribution >= 0.6 is 0 Å². The van der Waals surface area contributed by atoms with Crippen molar-refractivity contribution in [3.05, 3.63) is 23.8 Å². The predicted octanol–water partition coefficient (Wildman–Crippen LogP) is 0.499. The van der Waals surface area contributed by atoms with Gasteiger partial charge in [-0.3, -0.25) is 0 Å². The van der Waals surface area contributed by atoms with Crippen molar-refractivity contribution in [1.82, 2.24) is 9.97 Å². The highest BCUT2D eigenvalue weighted by Crippen LogP contribution is 2.29.